The minimum Gasteiger partial charge on any atom is -0.507 e. The molecule has 19 heteroatoms. The van der Waals surface area contributed by atoms with Crippen molar-refractivity contribution in [3.63, 3.8) is 0 Å². The molecule has 0 aliphatic carbocycles. The molecule has 0 bridgehead atoms. The van der Waals surface area contributed by atoms with Gasteiger partial charge in [0.15, 0.2) is 12.1 Å². The molecule has 3 aromatic rings. The first-order chi connectivity index (χ1) is 27.5. The number of aliphatic hydroxyl groups excluding tert-OH is 9. The van der Waals surface area contributed by atoms with Crippen LogP contribution >= 0.6 is 0 Å². The zero-order valence-electron chi connectivity index (χ0n) is 32.2. The highest BCUT2D eigenvalue weighted by Crippen LogP contribution is 2.42. The quantitative estimate of drug-likeness (QED) is 0.103. The maximum atomic E-state index is 14.6. The highest BCUT2D eigenvalue weighted by Gasteiger charge is 2.50. The second-order valence-electron chi connectivity index (χ2n) is 14.8. The third-order valence-corrected chi connectivity index (χ3v) is 10.4. The van der Waals surface area contributed by atoms with Crippen LogP contribution in [-0.4, -0.2) is 157 Å². The number of fused-ring (bicyclic) bond motifs is 1. The second-order valence-corrected chi connectivity index (χ2v) is 14.8. The standard InChI is InChI=1S/C39H50O19/c1-14(2)6-11-19-21(54-38-31(49)29(47)26(44)22(13-40)55-38)12-20(41)23-27(45)36(33(56-34(19)23)17-7-9-18(51-5)10-8-17)58-39-32(50)35(25(43)16(4)53-39)57-37-30(48)28(46)24(42)15(3)52-37/h6-10,12,15-16,22,24-26,28-32,35,37-44,46-50H,11,13H2,1-5H3/t15-,16-,22+,24-,25-,26+,28-,29-,30+,31+,32-,35+,37-,38+,39-/m0/s1. The van der Waals surface area contributed by atoms with E-state index in [1.807, 2.05) is 13.8 Å². The Hall–Kier alpha value is -3.93. The van der Waals surface area contributed by atoms with Crippen LogP contribution in [0.1, 0.15) is 33.3 Å². The molecule has 4 heterocycles. The van der Waals surface area contributed by atoms with Crippen LogP contribution in [0.5, 0.6) is 23.0 Å². The average Bonchev–Trinajstić information content (AvgIpc) is 3.20. The summed E-state index contributed by atoms with van der Waals surface area (Å²) in [6.45, 7) is 5.74. The van der Waals surface area contributed by atoms with Crippen molar-refractivity contribution in [2.45, 2.75) is 126 Å². The summed E-state index contributed by atoms with van der Waals surface area (Å²) < 4.78 is 46.5. The minimum atomic E-state index is -1.89. The maximum absolute atomic E-state index is 14.6. The van der Waals surface area contributed by atoms with Crippen molar-refractivity contribution >= 4 is 11.0 Å². The molecule has 0 saturated carbocycles. The van der Waals surface area contributed by atoms with Gasteiger partial charge in [0.05, 0.1) is 25.9 Å². The zero-order valence-corrected chi connectivity index (χ0v) is 32.2. The van der Waals surface area contributed by atoms with E-state index in [9.17, 15) is 55.9 Å². The number of aliphatic hydroxyl groups is 9. The smallest absolute Gasteiger partial charge is 0.239 e. The normalized spacial score (nSPS) is 35.4. The van der Waals surface area contributed by atoms with Gasteiger partial charge in [-0.3, -0.25) is 4.79 Å². The fourth-order valence-corrected chi connectivity index (χ4v) is 6.95. The third-order valence-electron chi connectivity index (χ3n) is 10.4. The Morgan fingerprint density at radius 2 is 1.36 bits per heavy atom. The van der Waals surface area contributed by atoms with Crippen molar-refractivity contribution in [1.29, 1.82) is 0 Å². The third kappa shape index (κ3) is 8.41. The lowest BCUT2D eigenvalue weighted by Gasteiger charge is -2.45. The predicted octanol–water partition coefficient (Wildman–Crippen LogP) is -1.08. The Kier molecular flexibility index (Phi) is 13.3. The number of hydrogen-bond donors (Lipinski definition) is 10. The number of allylic oxidation sites excluding steroid dienone is 2. The van der Waals surface area contributed by atoms with E-state index in [0.29, 0.717) is 5.75 Å². The molecule has 3 aliphatic heterocycles. The molecule has 1 aromatic heterocycles. The summed E-state index contributed by atoms with van der Waals surface area (Å²) in [7, 11) is 1.45. The molecule has 0 unspecified atom stereocenters. The molecule has 0 radical (unpaired) electrons. The summed E-state index contributed by atoms with van der Waals surface area (Å²) >= 11 is 0. The van der Waals surface area contributed by atoms with Crippen LogP contribution in [0.15, 0.2) is 51.2 Å². The van der Waals surface area contributed by atoms with E-state index in [4.69, 9.17) is 37.6 Å². The van der Waals surface area contributed by atoms with Crippen molar-refractivity contribution < 1.29 is 88.6 Å². The maximum Gasteiger partial charge on any atom is 0.239 e. The number of hydrogen-bond acceptors (Lipinski definition) is 19. The molecular formula is C39H50O19. The van der Waals surface area contributed by atoms with Gasteiger partial charge in [-0.25, -0.2) is 0 Å². The van der Waals surface area contributed by atoms with Crippen molar-refractivity contribution in [3.8, 4) is 34.3 Å². The lowest BCUT2D eigenvalue weighted by atomic mass is 9.97. The molecule has 58 heavy (non-hydrogen) atoms. The molecule has 15 atom stereocenters. The average molecular weight is 823 g/mol. The van der Waals surface area contributed by atoms with E-state index < -0.39 is 121 Å². The fourth-order valence-electron chi connectivity index (χ4n) is 6.95. The first kappa shape index (κ1) is 43.6. The van der Waals surface area contributed by atoms with Crippen LogP contribution in [0.4, 0.5) is 0 Å². The van der Waals surface area contributed by atoms with Crippen LogP contribution in [0, 0.1) is 0 Å². The minimum absolute atomic E-state index is 0.0232. The largest absolute Gasteiger partial charge is 0.507 e. The SMILES string of the molecule is COc1ccc(-c2oc3c(CC=C(C)C)c(O[C@@H]4O[C@H](CO)[C@@H](O)[C@H](O)[C@H]4O)cc(O)c3c(=O)c2O[C@@H]2O[C@@H](C)[C@H](O)[C@@H](O[C@@H]3O[C@@H](C)[C@H](O)[C@H](O)[C@H]3O)[C@@H]2O)cc1. The van der Waals surface area contributed by atoms with Crippen LogP contribution < -0.4 is 19.6 Å². The van der Waals surface area contributed by atoms with Crippen LogP contribution in [-0.2, 0) is 25.4 Å². The van der Waals surface area contributed by atoms with E-state index >= 15 is 0 Å². The van der Waals surface area contributed by atoms with Gasteiger partial charge in [-0.1, -0.05) is 11.6 Å². The van der Waals surface area contributed by atoms with Gasteiger partial charge in [0, 0.05) is 17.2 Å². The molecule has 320 valence electrons. The summed E-state index contributed by atoms with van der Waals surface area (Å²) in [5.74, 6) is -1.19. The molecular weight excluding hydrogens is 772 g/mol. The molecule has 0 spiro atoms. The summed E-state index contributed by atoms with van der Waals surface area (Å²) in [6.07, 6.45) is -21.9. The van der Waals surface area contributed by atoms with Gasteiger partial charge < -0.3 is 88.6 Å². The van der Waals surface area contributed by atoms with Crippen LogP contribution in [0.25, 0.3) is 22.3 Å². The zero-order chi connectivity index (χ0) is 42.3. The Bertz CT molecular complexity index is 1980. The topological polar surface area (TPSA) is 297 Å². The van der Waals surface area contributed by atoms with Gasteiger partial charge in [-0.2, -0.15) is 0 Å². The van der Waals surface area contributed by atoms with Crippen LogP contribution in [0.3, 0.4) is 0 Å². The van der Waals surface area contributed by atoms with Crippen molar-refractivity contribution in [2.75, 3.05) is 13.7 Å². The summed E-state index contributed by atoms with van der Waals surface area (Å²) in [4.78, 5) is 14.6. The van der Waals surface area contributed by atoms with Gasteiger partial charge in [0.1, 0.15) is 89.3 Å². The van der Waals surface area contributed by atoms with Crippen molar-refractivity contribution in [3.05, 3.63) is 57.8 Å². The number of methoxy groups -OCH3 is 1. The van der Waals surface area contributed by atoms with Crippen LogP contribution in [0.2, 0.25) is 0 Å². The lowest BCUT2D eigenvalue weighted by Crippen LogP contribution is -2.63. The van der Waals surface area contributed by atoms with Crippen molar-refractivity contribution in [2.24, 2.45) is 0 Å². The van der Waals surface area contributed by atoms with Gasteiger partial charge in [-0.05, 0) is 58.4 Å². The molecule has 3 fully saturated rings. The molecule has 3 aliphatic rings. The van der Waals surface area contributed by atoms with Gasteiger partial charge in [-0.15, -0.1) is 0 Å². The van der Waals surface area contributed by atoms with E-state index in [2.05, 4.69) is 0 Å². The number of benzene rings is 2. The fraction of sp³-hybridized carbons (Fsp3) is 0.564. The number of phenolic OH excluding ortho intramolecular Hbond substituents is 1. The Balaban J connectivity index is 1.46. The highest BCUT2D eigenvalue weighted by molar-refractivity contribution is 5.91. The summed E-state index contributed by atoms with van der Waals surface area (Å²) in [5, 5.41) is 106. The Morgan fingerprint density at radius 1 is 0.759 bits per heavy atom. The number of aromatic hydroxyl groups is 1. The first-order valence-corrected chi connectivity index (χ1v) is 18.6. The van der Waals surface area contributed by atoms with E-state index in [0.717, 1.165) is 11.6 Å². The highest BCUT2D eigenvalue weighted by atomic mass is 16.7. The molecule has 2 aromatic carbocycles. The van der Waals surface area contributed by atoms with Gasteiger partial charge >= 0.3 is 0 Å². The predicted molar refractivity (Wildman–Crippen MR) is 198 cm³/mol. The molecule has 6 rings (SSSR count). The lowest BCUT2D eigenvalue weighted by molar-refractivity contribution is -0.346. The van der Waals surface area contributed by atoms with Gasteiger partial charge in [0.2, 0.25) is 23.8 Å². The summed E-state index contributed by atoms with van der Waals surface area (Å²) in [5.41, 5.74) is 0.0887. The first-order valence-electron chi connectivity index (χ1n) is 18.6. The Morgan fingerprint density at radius 3 is 2.00 bits per heavy atom. The van der Waals surface area contributed by atoms with E-state index in [1.165, 1.54) is 21.0 Å². The number of rotatable bonds is 11. The second kappa shape index (κ2) is 17.7. The van der Waals surface area contributed by atoms with E-state index in [1.54, 1.807) is 30.3 Å². The van der Waals surface area contributed by atoms with Gasteiger partial charge in [0.25, 0.3) is 0 Å². The molecule has 0 amide bonds. The molecule has 19 nitrogen and oxygen atoms in total. The summed E-state index contributed by atoms with van der Waals surface area (Å²) in [6, 6.07) is 7.28. The monoisotopic (exact) mass is 822 g/mol. The molecule has 3 saturated heterocycles. The molecule has 10 N–H and O–H groups in total. The Labute approximate surface area is 331 Å². The number of ether oxygens (including phenoxy) is 7. The van der Waals surface area contributed by atoms with Crippen molar-refractivity contribution in [1.82, 2.24) is 0 Å². The number of phenols is 1. The van der Waals surface area contributed by atoms with E-state index in [-0.39, 0.29) is 34.6 Å².